The highest BCUT2D eigenvalue weighted by molar-refractivity contribution is 7.42. The maximum Gasteiger partial charge on any atom is 0.340 e. The van der Waals surface area contributed by atoms with Crippen molar-refractivity contribution >= 4 is 78.2 Å². The van der Waals surface area contributed by atoms with E-state index < -0.39 is 22.2 Å². The number of benzene rings is 3. The van der Waals surface area contributed by atoms with Crippen LogP contribution in [0.5, 0.6) is 34.5 Å². The monoisotopic (exact) mass is 1030 g/mol. The predicted octanol–water partition coefficient (Wildman–Crippen LogP) is 16.9. The molecule has 0 saturated heterocycles. The van der Waals surface area contributed by atoms with E-state index in [0.29, 0.717) is 56.3 Å². The van der Waals surface area contributed by atoms with Gasteiger partial charge in [-0.3, -0.25) is 13.6 Å². The minimum Gasteiger partial charge on any atom is -0.493 e. The average Bonchev–Trinajstić information content (AvgIpc) is 3.21. The fourth-order valence-corrected chi connectivity index (χ4v) is 9.05. The summed E-state index contributed by atoms with van der Waals surface area (Å²) < 4.78 is 48.5. The molecule has 9 nitrogen and oxygen atoms in total. The lowest BCUT2D eigenvalue weighted by Crippen LogP contribution is -2.26. The van der Waals surface area contributed by atoms with Crippen LogP contribution in [0.1, 0.15) is 134 Å². The molecule has 0 atom stereocenters. The molecule has 3 rings (SSSR count). The number of aryl methyl sites for hydroxylation is 3. The van der Waals surface area contributed by atoms with Crippen molar-refractivity contribution in [2.45, 2.75) is 151 Å². The van der Waals surface area contributed by atoms with Crippen LogP contribution in [0.2, 0.25) is 0 Å². The lowest BCUT2D eigenvalue weighted by molar-refractivity contribution is 0.0807. The Kier molecular flexibility index (Phi) is 27.4. The van der Waals surface area contributed by atoms with Gasteiger partial charge >= 0.3 is 8.60 Å². The fraction of sp³-hybridized carbons (Fsp3) is 0.625. The van der Waals surface area contributed by atoms with E-state index in [0.717, 1.165) is 91.7 Å². The first kappa shape index (κ1) is 56.8. The number of alkyl halides is 6. The highest BCUT2D eigenvalue weighted by Gasteiger charge is 2.41. The summed E-state index contributed by atoms with van der Waals surface area (Å²) in [6.45, 7) is 15.2. The number of hydrogen-bond donors (Lipinski definition) is 0. The third-order valence-corrected chi connectivity index (χ3v) is 13.0. The Morgan fingerprint density at radius 1 is 0.344 bits per heavy atom. The van der Waals surface area contributed by atoms with E-state index in [4.69, 9.17) is 112 Å². The van der Waals surface area contributed by atoms with Gasteiger partial charge in [-0.25, -0.2) is 0 Å². The third kappa shape index (κ3) is 25.6. The summed E-state index contributed by atoms with van der Waals surface area (Å²) in [4.78, 5) is 0. The van der Waals surface area contributed by atoms with Crippen molar-refractivity contribution in [3.63, 3.8) is 0 Å². The molecule has 16 heteroatoms. The Morgan fingerprint density at radius 3 is 0.781 bits per heavy atom. The Morgan fingerprint density at radius 2 is 0.562 bits per heavy atom. The van der Waals surface area contributed by atoms with Gasteiger partial charge in [0.25, 0.3) is 0 Å². The number of unbranched alkanes of at least 4 members (excludes halogenated alkanes) is 6. The number of rotatable bonds is 36. The van der Waals surface area contributed by atoms with Crippen LogP contribution < -0.4 is 28.4 Å². The second-order valence-electron chi connectivity index (χ2n) is 15.9. The molecule has 0 unspecified atom stereocenters. The van der Waals surface area contributed by atoms with Crippen LogP contribution in [0.4, 0.5) is 0 Å². The van der Waals surface area contributed by atoms with Gasteiger partial charge in [0.2, 0.25) is 13.6 Å². The predicted molar refractivity (Wildman–Crippen MR) is 266 cm³/mol. The molecule has 3 aromatic carbocycles. The van der Waals surface area contributed by atoms with Gasteiger partial charge < -0.3 is 28.4 Å². The van der Waals surface area contributed by atoms with Crippen LogP contribution >= 0.6 is 78.2 Å². The summed E-state index contributed by atoms with van der Waals surface area (Å²) in [6.07, 6.45) is 11.2. The highest BCUT2D eigenvalue weighted by Crippen LogP contribution is 2.57. The smallest absolute Gasteiger partial charge is 0.340 e. The average molecular weight is 1030 g/mol. The standard InChI is InChI=1S/C48H69Cl6O9P/c1-7-10-13-22-55-40-28-37(4)31-43(34-40)58-25-16-19-46(49,50)61-64(62-47(51,52)20-17-26-59-44-32-38(5)29-41(35-44)56-23-14-11-8-2)63-48(53,54)21-18-27-60-45-33-39(6)30-42(36-45)57-24-15-12-9-3/h28-36H,7-27H2,1-6H3. The van der Waals surface area contributed by atoms with Gasteiger partial charge in [-0.1, -0.05) is 129 Å². The van der Waals surface area contributed by atoms with Crippen molar-refractivity contribution < 1.29 is 42.0 Å². The fourth-order valence-electron chi connectivity index (χ4n) is 6.19. The first-order valence-corrected chi connectivity index (χ1v) is 26.0. The van der Waals surface area contributed by atoms with Gasteiger partial charge in [-0.15, -0.1) is 0 Å². The quantitative estimate of drug-likeness (QED) is 0.0321. The van der Waals surface area contributed by atoms with Gasteiger partial charge in [0.1, 0.15) is 34.5 Å². The molecule has 0 amide bonds. The summed E-state index contributed by atoms with van der Waals surface area (Å²) in [5.41, 5.74) is 3.05. The number of halogens is 6. The SMILES string of the molecule is CCCCCOc1cc(C)cc(OCCCC(Cl)(Cl)OP(OC(Cl)(Cl)CCCOc2cc(C)cc(OCCCCC)c2)OC(Cl)(Cl)CCCOc2cc(C)cc(OCCCCC)c2)c1. The second kappa shape index (κ2) is 30.8. The maximum absolute atomic E-state index is 6.73. The number of ether oxygens (including phenoxy) is 6. The summed E-state index contributed by atoms with van der Waals surface area (Å²) in [5, 5.41) is 0. The Bertz CT molecular complexity index is 1550. The molecule has 0 spiro atoms. The molecule has 64 heavy (non-hydrogen) atoms. The van der Waals surface area contributed by atoms with E-state index in [1.165, 1.54) is 0 Å². The minimum atomic E-state index is -2.54. The van der Waals surface area contributed by atoms with Crippen molar-refractivity contribution in [3.8, 4) is 34.5 Å². The van der Waals surface area contributed by atoms with E-state index in [2.05, 4.69) is 20.8 Å². The first-order chi connectivity index (χ1) is 30.5. The zero-order valence-corrected chi connectivity index (χ0v) is 43.9. The molecule has 0 heterocycles. The Balaban J connectivity index is 1.61. The van der Waals surface area contributed by atoms with Crippen LogP contribution in [-0.2, 0) is 13.6 Å². The second-order valence-corrected chi connectivity index (χ2v) is 21.1. The van der Waals surface area contributed by atoms with Gasteiger partial charge in [0.15, 0.2) is 0 Å². The zero-order chi connectivity index (χ0) is 46.9. The lowest BCUT2D eigenvalue weighted by Gasteiger charge is -2.32. The van der Waals surface area contributed by atoms with Crippen LogP contribution in [0.15, 0.2) is 54.6 Å². The van der Waals surface area contributed by atoms with Crippen molar-refractivity contribution in [2.75, 3.05) is 39.6 Å². The molecule has 0 radical (unpaired) electrons. The molecule has 0 aromatic heterocycles. The van der Waals surface area contributed by atoms with Crippen molar-refractivity contribution in [1.29, 1.82) is 0 Å². The topological polar surface area (TPSA) is 83.1 Å². The first-order valence-electron chi connectivity index (χ1n) is 22.6. The molecule has 362 valence electrons. The molecular weight excluding hydrogens is 964 g/mol. The molecule has 0 aliphatic heterocycles. The van der Waals surface area contributed by atoms with E-state index in [1.807, 2.05) is 75.4 Å². The zero-order valence-electron chi connectivity index (χ0n) is 38.4. The normalized spacial score (nSPS) is 12.1. The molecule has 0 aliphatic rings. The summed E-state index contributed by atoms with van der Waals surface area (Å²) in [6, 6.07) is 17.4. The molecule has 3 aromatic rings. The van der Waals surface area contributed by atoms with Crippen molar-refractivity contribution in [1.82, 2.24) is 0 Å². The summed E-state index contributed by atoms with van der Waals surface area (Å²) in [5.74, 6) is 4.28. The molecular formula is C48H69Cl6O9P. The lowest BCUT2D eigenvalue weighted by atomic mass is 10.2. The largest absolute Gasteiger partial charge is 0.493 e. The Hall–Kier alpha value is -1.49. The molecule has 0 fully saturated rings. The van der Waals surface area contributed by atoms with E-state index in [1.54, 1.807) is 0 Å². The van der Waals surface area contributed by atoms with Crippen LogP contribution in [0.25, 0.3) is 0 Å². The van der Waals surface area contributed by atoms with Gasteiger partial charge in [-0.2, -0.15) is 0 Å². The molecule has 0 bridgehead atoms. The van der Waals surface area contributed by atoms with Gasteiger partial charge in [0.05, 0.1) is 39.6 Å². The van der Waals surface area contributed by atoms with E-state index in [9.17, 15) is 0 Å². The van der Waals surface area contributed by atoms with Gasteiger partial charge in [0, 0.05) is 37.5 Å². The van der Waals surface area contributed by atoms with Crippen LogP contribution in [-0.4, -0.2) is 53.2 Å². The van der Waals surface area contributed by atoms with Crippen molar-refractivity contribution in [3.05, 3.63) is 71.3 Å². The van der Waals surface area contributed by atoms with Crippen LogP contribution in [0, 0.1) is 20.8 Å². The molecule has 0 aliphatic carbocycles. The highest BCUT2D eigenvalue weighted by atomic mass is 35.5. The van der Waals surface area contributed by atoms with Crippen LogP contribution in [0.3, 0.4) is 0 Å². The number of hydrogen-bond acceptors (Lipinski definition) is 9. The summed E-state index contributed by atoms with van der Waals surface area (Å²) in [7, 11) is -2.54. The third-order valence-electron chi connectivity index (χ3n) is 9.39. The summed E-state index contributed by atoms with van der Waals surface area (Å²) >= 11 is 40.4. The van der Waals surface area contributed by atoms with Crippen molar-refractivity contribution in [2.24, 2.45) is 0 Å². The minimum absolute atomic E-state index is 0.117. The van der Waals surface area contributed by atoms with E-state index in [-0.39, 0.29) is 39.1 Å². The maximum atomic E-state index is 6.73. The Labute approximate surface area is 414 Å². The van der Waals surface area contributed by atoms with E-state index >= 15 is 0 Å². The van der Waals surface area contributed by atoms with Gasteiger partial charge in [-0.05, 0) is 112 Å². The molecule has 0 saturated carbocycles. The molecule has 0 N–H and O–H groups in total.